The molecule has 0 bridgehead atoms. The molecule has 2 aliphatic heterocycles. The lowest BCUT2D eigenvalue weighted by Gasteiger charge is -2.45. The molecule has 0 N–H and O–H groups in total. The first-order chi connectivity index (χ1) is 19.9. The minimum Gasteiger partial charge on any atom is -0.351 e. The summed E-state index contributed by atoms with van der Waals surface area (Å²) >= 11 is 1.02. The van der Waals surface area contributed by atoms with Gasteiger partial charge in [0.2, 0.25) is 0 Å². The smallest absolute Gasteiger partial charge is 0.351 e. The molecule has 42 heavy (non-hydrogen) atoms. The summed E-state index contributed by atoms with van der Waals surface area (Å²) in [5.74, 6) is -4.35. The molecule has 14 heteroatoms. The largest absolute Gasteiger partial charge is 0.417 e. The van der Waals surface area contributed by atoms with Gasteiger partial charge in [-0.1, -0.05) is 13.5 Å². The number of benzene rings is 2. The standard InChI is InChI=1S/C28H24F6N4O3S/c1-3-16-11-36(12-17(13-39)38(16)26(40)14(2)29)25-19-10-20(28(32,33)34)22(18-6-5-15(30)9-21(18)31)24-23(19)37(27(41)35-25)7-4-8-42-24/h5-6,9-10,13,16-17H,2-4,7-8,11-12H2,1H3. The molecule has 1 saturated heterocycles. The highest BCUT2D eigenvalue weighted by atomic mass is 32.2. The van der Waals surface area contributed by atoms with Crippen molar-refractivity contribution in [2.45, 2.75) is 49.5 Å². The van der Waals surface area contributed by atoms with Crippen LogP contribution in [0.25, 0.3) is 22.0 Å². The van der Waals surface area contributed by atoms with E-state index in [2.05, 4.69) is 11.6 Å². The number of carbonyl (C=O) groups excluding carboxylic acids is 2. The number of nitrogens with zero attached hydrogens (tertiary/aromatic N) is 4. The fourth-order valence-corrected chi connectivity index (χ4v) is 6.83. The third-order valence-electron chi connectivity index (χ3n) is 7.46. The molecule has 1 aromatic heterocycles. The molecule has 0 saturated carbocycles. The van der Waals surface area contributed by atoms with Gasteiger partial charge in [-0.05, 0) is 36.8 Å². The van der Waals surface area contributed by atoms with E-state index in [9.17, 15) is 36.3 Å². The third kappa shape index (κ3) is 5.05. The van der Waals surface area contributed by atoms with Crippen molar-refractivity contribution < 1.29 is 35.9 Å². The zero-order valence-electron chi connectivity index (χ0n) is 22.2. The Morgan fingerprint density at radius 3 is 2.57 bits per heavy atom. The number of anilines is 1. The minimum absolute atomic E-state index is 0.00916. The van der Waals surface area contributed by atoms with E-state index in [1.54, 1.807) is 6.92 Å². The lowest BCUT2D eigenvalue weighted by atomic mass is 9.95. The monoisotopic (exact) mass is 610 g/mol. The number of carbonyl (C=O) groups is 2. The van der Waals surface area contributed by atoms with E-state index in [0.717, 1.165) is 34.9 Å². The number of aldehydes is 1. The zero-order chi connectivity index (χ0) is 30.5. The number of amides is 1. The van der Waals surface area contributed by atoms with Crippen molar-refractivity contribution in [1.82, 2.24) is 14.5 Å². The van der Waals surface area contributed by atoms with Crippen LogP contribution in [0, 0.1) is 11.6 Å². The zero-order valence-corrected chi connectivity index (χ0v) is 23.0. The summed E-state index contributed by atoms with van der Waals surface area (Å²) in [4.78, 5) is 44.5. The van der Waals surface area contributed by atoms with Crippen LogP contribution in [0.2, 0.25) is 0 Å². The number of alkyl halides is 3. The fraction of sp³-hybridized carbons (Fsp3) is 0.357. The second kappa shape index (κ2) is 11.1. The second-order valence-electron chi connectivity index (χ2n) is 10.0. The summed E-state index contributed by atoms with van der Waals surface area (Å²) in [5, 5.41) is -0.0632. The quantitative estimate of drug-likeness (QED) is 0.221. The summed E-state index contributed by atoms with van der Waals surface area (Å²) in [6, 6.07) is 1.12. The first-order valence-corrected chi connectivity index (χ1v) is 14.0. The Labute approximate surface area is 239 Å². The second-order valence-corrected chi connectivity index (χ2v) is 11.1. The molecular formula is C28H24F6N4O3S. The molecule has 2 atom stereocenters. The van der Waals surface area contributed by atoms with Gasteiger partial charge in [-0.3, -0.25) is 9.36 Å². The van der Waals surface area contributed by atoms with Crippen LogP contribution in [0.5, 0.6) is 0 Å². The number of piperazine rings is 1. The molecule has 0 radical (unpaired) electrons. The van der Waals surface area contributed by atoms with Crippen LogP contribution < -0.4 is 10.6 Å². The van der Waals surface area contributed by atoms with E-state index in [0.29, 0.717) is 24.5 Å². The maximum absolute atomic E-state index is 15.0. The molecule has 2 aromatic carbocycles. The summed E-state index contributed by atoms with van der Waals surface area (Å²) in [6.45, 7) is 4.49. The number of halogens is 6. The van der Waals surface area contributed by atoms with Crippen molar-refractivity contribution in [2.24, 2.45) is 0 Å². The van der Waals surface area contributed by atoms with Crippen molar-refractivity contribution in [3.05, 3.63) is 64.4 Å². The molecule has 0 aliphatic carbocycles. The molecule has 0 spiro atoms. The Morgan fingerprint density at radius 2 is 1.95 bits per heavy atom. The fourth-order valence-electron chi connectivity index (χ4n) is 5.63. The van der Waals surface area contributed by atoms with Crippen molar-refractivity contribution in [3.8, 4) is 11.1 Å². The van der Waals surface area contributed by atoms with Gasteiger partial charge in [0.15, 0.2) is 5.83 Å². The van der Waals surface area contributed by atoms with Gasteiger partial charge in [-0.25, -0.2) is 18.0 Å². The van der Waals surface area contributed by atoms with E-state index >= 15 is 4.39 Å². The van der Waals surface area contributed by atoms with Gasteiger partial charge in [0.1, 0.15) is 29.8 Å². The maximum Gasteiger partial charge on any atom is 0.417 e. The van der Waals surface area contributed by atoms with Gasteiger partial charge in [0.25, 0.3) is 5.91 Å². The molecule has 222 valence electrons. The number of rotatable bonds is 5. The first kappa shape index (κ1) is 29.7. The molecule has 3 aromatic rings. The molecule has 1 fully saturated rings. The normalized spacial score (nSPS) is 19.1. The summed E-state index contributed by atoms with van der Waals surface area (Å²) in [6.07, 6.45) is -3.92. The van der Waals surface area contributed by atoms with Crippen LogP contribution >= 0.6 is 11.8 Å². The lowest BCUT2D eigenvalue weighted by molar-refractivity contribution is -0.137. The average Bonchev–Trinajstić information content (AvgIpc) is 3.17. The van der Waals surface area contributed by atoms with Gasteiger partial charge in [-0.15, -0.1) is 11.8 Å². The third-order valence-corrected chi connectivity index (χ3v) is 8.64. The summed E-state index contributed by atoms with van der Waals surface area (Å²) < 4.78 is 87.8. The van der Waals surface area contributed by atoms with E-state index in [-0.39, 0.29) is 47.7 Å². The van der Waals surface area contributed by atoms with E-state index in [1.807, 2.05) is 0 Å². The number of hydrogen-bond donors (Lipinski definition) is 0. The molecule has 1 amide bonds. The number of thioether (sulfide) groups is 1. The van der Waals surface area contributed by atoms with Crippen LogP contribution in [-0.2, 0) is 22.3 Å². The van der Waals surface area contributed by atoms with Gasteiger partial charge >= 0.3 is 11.9 Å². The Balaban J connectivity index is 1.81. The number of aromatic nitrogens is 2. The summed E-state index contributed by atoms with van der Waals surface area (Å²) in [5.41, 5.74) is -2.86. The lowest BCUT2D eigenvalue weighted by Crippen LogP contribution is -2.61. The molecular weight excluding hydrogens is 586 g/mol. The Hall–Kier alpha value is -3.81. The highest BCUT2D eigenvalue weighted by Gasteiger charge is 2.41. The van der Waals surface area contributed by atoms with E-state index < -0.39 is 64.0 Å². The van der Waals surface area contributed by atoms with Gasteiger partial charge in [0.05, 0.1) is 17.1 Å². The Kier molecular flexibility index (Phi) is 7.86. The van der Waals surface area contributed by atoms with Gasteiger partial charge in [0, 0.05) is 47.1 Å². The van der Waals surface area contributed by atoms with Gasteiger partial charge in [-0.2, -0.15) is 18.2 Å². The Bertz CT molecular complexity index is 1670. The van der Waals surface area contributed by atoms with Crippen LogP contribution in [0.15, 0.2) is 46.4 Å². The molecule has 3 heterocycles. The summed E-state index contributed by atoms with van der Waals surface area (Å²) in [7, 11) is 0. The van der Waals surface area contributed by atoms with Crippen molar-refractivity contribution in [2.75, 3.05) is 23.7 Å². The maximum atomic E-state index is 15.0. The van der Waals surface area contributed by atoms with Gasteiger partial charge < -0.3 is 14.6 Å². The van der Waals surface area contributed by atoms with Crippen LogP contribution in [0.4, 0.5) is 32.2 Å². The number of aryl methyl sites for hydroxylation is 1. The van der Waals surface area contributed by atoms with E-state index in [4.69, 9.17) is 0 Å². The van der Waals surface area contributed by atoms with Crippen molar-refractivity contribution in [3.63, 3.8) is 0 Å². The predicted molar refractivity (Wildman–Crippen MR) is 145 cm³/mol. The predicted octanol–water partition coefficient (Wildman–Crippen LogP) is 5.33. The molecule has 5 rings (SSSR count). The van der Waals surface area contributed by atoms with Crippen molar-refractivity contribution >= 4 is 40.7 Å². The van der Waals surface area contributed by atoms with Crippen LogP contribution in [0.1, 0.15) is 25.3 Å². The molecule has 2 unspecified atom stereocenters. The minimum atomic E-state index is -4.99. The molecule has 7 nitrogen and oxygen atoms in total. The number of hydrogen-bond acceptors (Lipinski definition) is 6. The highest BCUT2D eigenvalue weighted by molar-refractivity contribution is 7.99. The molecule has 2 aliphatic rings. The topological polar surface area (TPSA) is 75.5 Å². The van der Waals surface area contributed by atoms with Crippen molar-refractivity contribution in [1.29, 1.82) is 0 Å². The Morgan fingerprint density at radius 1 is 1.21 bits per heavy atom. The first-order valence-electron chi connectivity index (χ1n) is 13.0. The SMILES string of the molecule is C=C(F)C(=O)N1C(C=O)CN(c2nc(=O)n3c4c(c(-c5ccc(F)cc5F)c(C(F)(F)F)cc24)SCCC3)CC1CC. The van der Waals surface area contributed by atoms with Crippen LogP contribution in [0.3, 0.4) is 0 Å². The van der Waals surface area contributed by atoms with E-state index in [1.165, 1.54) is 9.47 Å². The highest BCUT2D eigenvalue weighted by Crippen LogP contribution is 2.48. The van der Waals surface area contributed by atoms with Crippen LogP contribution in [-0.4, -0.2) is 57.6 Å². The average molecular weight is 611 g/mol.